The van der Waals surface area contributed by atoms with Gasteiger partial charge < -0.3 is 4.57 Å². The van der Waals surface area contributed by atoms with E-state index in [1.54, 1.807) is 0 Å². The standard InChI is InChI=1S/C7H15NOSi/c1-5-4-8(10)6(9)7(5,2)3/h5H,4H2,1-3,10H3. The number of nitrogens with zero attached hydrogens (tertiary/aromatic N) is 1. The normalized spacial score (nSPS) is 31.7. The van der Waals surface area contributed by atoms with Crippen LogP contribution in [-0.2, 0) is 4.79 Å². The molecule has 0 aromatic heterocycles. The maximum Gasteiger partial charge on any atom is 0.220 e. The Morgan fingerprint density at radius 2 is 2.20 bits per heavy atom. The second-order valence-electron chi connectivity index (χ2n) is 3.81. The molecule has 58 valence electrons. The number of carbonyl (C=O) groups is 1. The van der Waals surface area contributed by atoms with E-state index in [0.717, 1.165) is 16.9 Å². The summed E-state index contributed by atoms with van der Waals surface area (Å²) in [5.41, 5.74) is -0.0955. The van der Waals surface area contributed by atoms with Gasteiger partial charge in [0.25, 0.3) is 0 Å². The highest BCUT2D eigenvalue weighted by molar-refractivity contribution is 6.16. The predicted molar refractivity (Wildman–Crippen MR) is 44.6 cm³/mol. The Labute approximate surface area is 65.1 Å². The molecule has 1 aliphatic heterocycles. The van der Waals surface area contributed by atoms with Crippen LogP contribution in [0.1, 0.15) is 20.8 Å². The molecule has 1 fully saturated rings. The minimum absolute atomic E-state index is 0.0955. The second kappa shape index (κ2) is 2.09. The maximum atomic E-state index is 11.4. The molecule has 0 aromatic carbocycles. The van der Waals surface area contributed by atoms with Crippen LogP contribution in [-0.4, -0.2) is 27.4 Å². The van der Waals surface area contributed by atoms with Crippen LogP contribution >= 0.6 is 0 Å². The fourth-order valence-corrected chi connectivity index (χ4v) is 2.55. The summed E-state index contributed by atoms with van der Waals surface area (Å²) in [6.45, 7) is 7.20. The molecule has 1 unspecified atom stereocenters. The van der Waals surface area contributed by atoms with E-state index >= 15 is 0 Å². The van der Waals surface area contributed by atoms with E-state index < -0.39 is 0 Å². The van der Waals surface area contributed by atoms with Crippen molar-refractivity contribution in [2.45, 2.75) is 20.8 Å². The van der Waals surface area contributed by atoms with Gasteiger partial charge in [-0.25, -0.2) is 0 Å². The molecule has 1 saturated heterocycles. The Morgan fingerprint density at radius 1 is 1.70 bits per heavy atom. The Balaban J connectivity index is 2.85. The van der Waals surface area contributed by atoms with Gasteiger partial charge >= 0.3 is 0 Å². The lowest BCUT2D eigenvalue weighted by Crippen LogP contribution is -2.29. The van der Waals surface area contributed by atoms with Gasteiger partial charge in [0.05, 0.1) is 0 Å². The predicted octanol–water partition coefficient (Wildman–Crippen LogP) is -0.229. The SMILES string of the molecule is CC1CN([SiH3])C(=O)C1(C)C. The Bertz CT molecular complexity index is 167. The quantitative estimate of drug-likeness (QED) is 0.445. The monoisotopic (exact) mass is 157 g/mol. The average molecular weight is 157 g/mol. The molecular weight excluding hydrogens is 142 g/mol. The van der Waals surface area contributed by atoms with Crippen molar-refractivity contribution in [3.05, 3.63) is 0 Å². The van der Waals surface area contributed by atoms with E-state index in [2.05, 4.69) is 6.92 Å². The van der Waals surface area contributed by atoms with Crippen LogP contribution in [0.15, 0.2) is 0 Å². The van der Waals surface area contributed by atoms with E-state index in [1.807, 2.05) is 18.4 Å². The highest BCUT2D eigenvalue weighted by Gasteiger charge is 2.42. The van der Waals surface area contributed by atoms with Gasteiger partial charge in [-0.3, -0.25) is 4.79 Å². The van der Waals surface area contributed by atoms with Gasteiger partial charge in [0, 0.05) is 12.0 Å². The van der Waals surface area contributed by atoms with Crippen molar-refractivity contribution in [3.63, 3.8) is 0 Å². The summed E-state index contributed by atoms with van der Waals surface area (Å²) >= 11 is 0. The zero-order valence-electron chi connectivity index (χ0n) is 7.14. The first-order valence-corrected chi connectivity index (χ1v) is 4.61. The van der Waals surface area contributed by atoms with E-state index in [0.29, 0.717) is 11.8 Å². The lowest BCUT2D eigenvalue weighted by molar-refractivity contribution is -0.131. The van der Waals surface area contributed by atoms with E-state index in [1.165, 1.54) is 0 Å². The molecule has 0 bridgehead atoms. The molecule has 3 heteroatoms. The van der Waals surface area contributed by atoms with Crippen molar-refractivity contribution in [3.8, 4) is 0 Å². The highest BCUT2D eigenvalue weighted by Crippen LogP contribution is 2.34. The fraction of sp³-hybridized carbons (Fsp3) is 0.857. The first-order chi connectivity index (χ1) is 4.46. The average Bonchev–Trinajstić information content (AvgIpc) is 1.97. The maximum absolute atomic E-state index is 11.4. The summed E-state index contributed by atoms with van der Waals surface area (Å²) in [5, 5.41) is 0. The zero-order valence-corrected chi connectivity index (χ0v) is 9.14. The van der Waals surface area contributed by atoms with Crippen LogP contribution in [0.2, 0.25) is 0 Å². The molecule has 0 spiro atoms. The van der Waals surface area contributed by atoms with Crippen molar-refractivity contribution in [1.82, 2.24) is 4.57 Å². The fourth-order valence-electron chi connectivity index (χ4n) is 1.42. The summed E-state index contributed by atoms with van der Waals surface area (Å²) in [7, 11) is 0.880. The molecule has 2 nitrogen and oxygen atoms in total. The van der Waals surface area contributed by atoms with Crippen molar-refractivity contribution in [2.75, 3.05) is 6.54 Å². The summed E-state index contributed by atoms with van der Waals surface area (Å²) in [6, 6.07) is 0. The lowest BCUT2D eigenvalue weighted by atomic mass is 9.83. The van der Waals surface area contributed by atoms with E-state index in [9.17, 15) is 4.79 Å². The number of hydrogen-bond acceptors (Lipinski definition) is 1. The minimum atomic E-state index is -0.0955. The van der Waals surface area contributed by atoms with Gasteiger partial charge in [0.2, 0.25) is 5.91 Å². The molecule has 10 heavy (non-hydrogen) atoms. The zero-order chi connectivity index (χ0) is 7.94. The Hall–Kier alpha value is -0.313. The van der Waals surface area contributed by atoms with Gasteiger partial charge in [-0.05, 0) is 5.92 Å². The van der Waals surface area contributed by atoms with Crippen LogP contribution in [0.4, 0.5) is 0 Å². The van der Waals surface area contributed by atoms with Gasteiger partial charge in [0.1, 0.15) is 10.4 Å². The van der Waals surface area contributed by atoms with Crippen LogP contribution < -0.4 is 0 Å². The minimum Gasteiger partial charge on any atom is -0.377 e. The number of carbonyl (C=O) groups excluding carboxylic acids is 1. The number of hydrogen-bond donors (Lipinski definition) is 0. The Kier molecular flexibility index (Phi) is 1.62. The van der Waals surface area contributed by atoms with E-state index in [4.69, 9.17) is 0 Å². The van der Waals surface area contributed by atoms with Crippen LogP contribution in [0.25, 0.3) is 0 Å². The Morgan fingerprint density at radius 3 is 2.30 bits per heavy atom. The van der Waals surface area contributed by atoms with E-state index in [-0.39, 0.29) is 5.41 Å². The lowest BCUT2D eigenvalue weighted by Gasteiger charge is -2.19. The van der Waals surface area contributed by atoms with Gasteiger partial charge in [-0.2, -0.15) is 0 Å². The van der Waals surface area contributed by atoms with Crippen molar-refractivity contribution < 1.29 is 4.79 Å². The third kappa shape index (κ3) is 0.887. The first kappa shape index (κ1) is 7.79. The first-order valence-electron chi connectivity index (χ1n) is 3.72. The number of amides is 1. The molecule has 0 radical (unpaired) electrons. The smallest absolute Gasteiger partial charge is 0.220 e. The molecule has 0 saturated carbocycles. The molecule has 1 amide bonds. The molecular formula is C7H15NOSi. The summed E-state index contributed by atoms with van der Waals surface area (Å²) in [6.07, 6.45) is 0. The van der Waals surface area contributed by atoms with Gasteiger partial charge in [-0.1, -0.05) is 20.8 Å². The molecule has 1 heterocycles. The number of rotatable bonds is 0. The summed E-state index contributed by atoms with van der Waals surface area (Å²) in [4.78, 5) is 11.4. The molecule has 1 aliphatic rings. The molecule has 0 N–H and O–H groups in total. The third-order valence-corrected chi connectivity index (χ3v) is 3.45. The van der Waals surface area contributed by atoms with Gasteiger partial charge in [0.15, 0.2) is 0 Å². The molecule has 1 atom stereocenters. The molecule has 0 aromatic rings. The molecule has 1 rings (SSSR count). The van der Waals surface area contributed by atoms with Crippen molar-refractivity contribution in [2.24, 2.45) is 11.3 Å². The summed E-state index contributed by atoms with van der Waals surface area (Å²) in [5.74, 6) is 0.865. The summed E-state index contributed by atoms with van der Waals surface area (Å²) < 4.78 is 1.95. The van der Waals surface area contributed by atoms with Crippen LogP contribution in [0.5, 0.6) is 0 Å². The van der Waals surface area contributed by atoms with Crippen LogP contribution in [0.3, 0.4) is 0 Å². The second-order valence-corrected chi connectivity index (χ2v) is 4.89. The molecule has 0 aliphatic carbocycles. The van der Waals surface area contributed by atoms with Crippen LogP contribution in [0, 0.1) is 11.3 Å². The van der Waals surface area contributed by atoms with Crippen molar-refractivity contribution >= 4 is 16.3 Å². The third-order valence-electron chi connectivity index (χ3n) is 2.68. The largest absolute Gasteiger partial charge is 0.377 e. The highest BCUT2D eigenvalue weighted by atomic mass is 28.2. The topological polar surface area (TPSA) is 20.3 Å². The van der Waals surface area contributed by atoms with Crippen molar-refractivity contribution in [1.29, 1.82) is 0 Å². The van der Waals surface area contributed by atoms with Gasteiger partial charge in [-0.15, -0.1) is 0 Å².